The molecule has 0 aliphatic heterocycles. The Morgan fingerprint density at radius 3 is 1.85 bits per heavy atom. The average Bonchev–Trinajstić information content (AvgIpc) is 2.37. The van der Waals surface area contributed by atoms with Gasteiger partial charge in [0.25, 0.3) is 0 Å². The minimum atomic E-state index is -4.49. The molecule has 0 heterocycles. The number of carboxylic acid groups (broad SMARTS) is 1. The Bertz CT molecular complexity index is 857. The van der Waals surface area contributed by atoms with Crippen LogP contribution >= 0.6 is 11.6 Å². The number of aromatic carboxylic acids is 1. The molecule has 0 radical (unpaired) electrons. The number of benzene rings is 1. The first-order valence-electron chi connectivity index (χ1n) is 7.68. The van der Waals surface area contributed by atoms with Crippen LogP contribution in [0, 0.1) is 17.7 Å². The standard InChI is InChI=1S/C15H21ClFNO6S2/c1-9(2)7-25(21,22)18(26(23,24)8-10(3)4)12-6-5-11(16)13(14(12)17)15(19)20/h5-6,9-10H,7-8H2,1-4H3,(H,19,20). The molecule has 11 heteroatoms. The number of rotatable bonds is 8. The second kappa shape index (κ2) is 8.10. The molecule has 0 saturated heterocycles. The number of nitrogens with zero attached hydrogens (tertiary/aromatic N) is 1. The topological polar surface area (TPSA) is 109 Å². The first kappa shape index (κ1) is 22.7. The maximum Gasteiger partial charge on any atom is 0.340 e. The number of anilines is 1. The van der Waals surface area contributed by atoms with E-state index in [4.69, 9.17) is 16.7 Å². The van der Waals surface area contributed by atoms with Crippen LogP contribution in [-0.4, -0.2) is 39.4 Å². The van der Waals surface area contributed by atoms with Crippen molar-refractivity contribution in [3.63, 3.8) is 0 Å². The van der Waals surface area contributed by atoms with Gasteiger partial charge in [-0.25, -0.2) is 26.0 Å². The third kappa shape index (κ3) is 5.08. The zero-order chi connectivity index (χ0) is 20.4. The smallest absolute Gasteiger partial charge is 0.340 e. The summed E-state index contributed by atoms with van der Waals surface area (Å²) in [6, 6.07) is 1.80. The van der Waals surface area contributed by atoms with E-state index in [-0.39, 0.29) is 3.71 Å². The number of carbonyl (C=O) groups is 1. The number of sulfonamides is 2. The van der Waals surface area contributed by atoms with Crippen LogP contribution in [0.3, 0.4) is 0 Å². The Morgan fingerprint density at radius 1 is 1.08 bits per heavy atom. The quantitative estimate of drug-likeness (QED) is 0.680. The van der Waals surface area contributed by atoms with Gasteiger partial charge < -0.3 is 5.11 Å². The third-order valence-corrected chi connectivity index (χ3v) is 8.33. The van der Waals surface area contributed by atoms with Crippen LogP contribution in [-0.2, 0) is 20.0 Å². The number of hydrogen-bond donors (Lipinski definition) is 1. The van der Waals surface area contributed by atoms with Gasteiger partial charge >= 0.3 is 5.97 Å². The van der Waals surface area contributed by atoms with Crippen LogP contribution in [0.25, 0.3) is 0 Å². The van der Waals surface area contributed by atoms with Gasteiger partial charge in [0.1, 0.15) is 11.3 Å². The molecule has 7 nitrogen and oxygen atoms in total. The van der Waals surface area contributed by atoms with E-state index < -0.39 is 71.4 Å². The Hall–Kier alpha value is -1.39. The number of halogens is 2. The molecular weight excluding hydrogens is 409 g/mol. The third-order valence-electron chi connectivity index (χ3n) is 3.07. The molecule has 148 valence electrons. The highest BCUT2D eigenvalue weighted by Crippen LogP contribution is 2.33. The van der Waals surface area contributed by atoms with Crippen molar-refractivity contribution in [1.82, 2.24) is 0 Å². The maximum atomic E-state index is 14.7. The molecular formula is C15H21ClFNO6S2. The predicted octanol–water partition coefficient (Wildman–Crippen LogP) is 2.96. The van der Waals surface area contributed by atoms with E-state index in [0.717, 1.165) is 12.1 Å². The van der Waals surface area contributed by atoms with Crippen molar-refractivity contribution in [3.8, 4) is 0 Å². The van der Waals surface area contributed by atoms with Gasteiger partial charge in [-0.3, -0.25) is 0 Å². The lowest BCUT2D eigenvalue weighted by Crippen LogP contribution is -2.42. The molecule has 0 aliphatic rings. The highest BCUT2D eigenvalue weighted by molar-refractivity contribution is 8.10. The highest BCUT2D eigenvalue weighted by Gasteiger charge is 2.38. The van der Waals surface area contributed by atoms with Crippen LogP contribution in [0.15, 0.2) is 12.1 Å². The molecule has 0 spiro atoms. The molecule has 0 aromatic heterocycles. The van der Waals surface area contributed by atoms with Crippen LogP contribution in [0.1, 0.15) is 38.1 Å². The van der Waals surface area contributed by atoms with Gasteiger partial charge in [-0.15, -0.1) is 0 Å². The molecule has 0 amide bonds. The van der Waals surface area contributed by atoms with Crippen molar-refractivity contribution in [2.75, 3.05) is 15.2 Å². The zero-order valence-electron chi connectivity index (χ0n) is 14.7. The largest absolute Gasteiger partial charge is 0.478 e. The van der Waals surface area contributed by atoms with Gasteiger partial charge in [0.05, 0.1) is 16.5 Å². The summed E-state index contributed by atoms with van der Waals surface area (Å²) in [5.41, 5.74) is -1.87. The average molecular weight is 430 g/mol. The molecule has 0 unspecified atom stereocenters. The molecule has 0 bridgehead atoms. The Kier molecular flexibility index (Phi) is 7.05. The summed E-state index contributed by atoms with van der Waals surface area (Å²) in [5.74, 6) is -5.26. The molecule has 0 aliphatic carbocycles. The fourth-order valence-corrected chi connectivity index (χ4v) is 7.14. The van der Waals surface area contributed by atoms with E-state index in [1.807, 2.05) is 0 Å². The molecule has 1 rings (SSSR count). The van der Waals surface area contributed by atoms with E-state index in [0.29, 0.717) is 0 Å². The van der Waals surface area contributed by atoms with E-state index >= 15 is 0 Å². The summed E-state index contributed by atoms with van der Waals surface area (Å²) in [4.78, 5) is 11.2. The summed E-state index contributed by atoms with van der Waals surface area (Å²) < 4.78 is 65.5. The van der Waals surface area contributed by atoms with Crippen LogP contribution in [0.4, 0.5) is 10.1 Å². The van der Waals surface area contributed by atoms with Crippen molar-refractivity contribution in [2.24, 2.45) is 11.8 Å². The van der Waals surface area contributed by atoms with Crippen molar-refractivity contribution < 1.29 is 31.1 Å². The molecule has 0 atom stereocenters. The summed E-state index contributed by atoms with van der Waals surface area (Å²) in [7, 11) is -8.97. The van der Waals surface area contributed by atoms with Crippen LogP contribution in [0.5, 0.6) is 0 Å². The van der Waals surface area contributed by atoms with Gasteiger partial charge in [0.2, 0.25) is 20.0 Å². The molecule has 1 aromatic rings. The minimum Gasteiger partial charge on any atom is -0.478 e. The first-order valence-corrected chi connectivity index (χ1v) is 11.3. The molecule has 1 aromatic carbocycles. The van der Waals surface area contributed by atoms with Crippen molar-refractivity contribution in [3.05, 3.63) is 28.5 Å². The highest BCUT2D eigenvalue weighted by atomic mass is 35.5. The number of carboxylic acids is 1. The number of hydrogen-bond acceptors (Lipinski definition) is 5. The van der Waals surface area contributed by atoms with Crippen molar-refractivity contribution >= 4 is 43.3 Å². The van der Waals surface area contributed by atoms with Gasteiger partial charge in [0.15, 0.2) is 5.82 Å². The zero-order valence-corrected chi connectivity index (χ0v) is 17.1. The Balaban J connectivity index is 3.79. The van der Waals surface area contributed by atoms with Crippen molar-refractivity contribution in [1.29, 1.82) is 0 Å². The van der Waals surface area contributed by atoms with Gasteiger partial charge in [-0.2, -0.15) is 3.71 Å². The lowest BCUT2D eigenvalue weighted by Gasteiger charge is -2.26. The minimum absolute atomic E-state index is 0.00188. The summed E-state index contributed by atoms with van der Waals surface area (Å²) >= 11 is 5.66. The van der Waals surface area contributed by atoms with Gasteiger partial charge in [-0.1, -0.05) is 39.3 Å². The second-order valence-electron chi connectivity index (χ2n) is 6.60. The van der Waals surface area contributed by atoms with Gasteiger partial charge in [0, 0.05) is 0 Å². The Morgan fingerprint density at radius 2 is 1.50 bits per heavy atom. The summed E-state index contributed by atoms with van der Waals surface area (Å²) in [6.07, 6.45) is 0. The van der Waals surface area contributed by atoms with E-state index in [1.165, 1.54) is 0 Å². The normalized spacial score (nSPS) is 12.6. The fourth-order valence-electron chi connectivity index (χ4n) is 2.33. The fraction of sp³-hybridized carbons (Fsp3) is 0.533. The monoisotopic (exact) mass is 429 g/mol. The maximum absolute atomic E-state index is 14.7. The second-order valence-corrected chi connectivity index (χ2v) is 11.0. The molecule has 0 saturated carbocycles. The lowest BCUT2D eigenvalue weighted by molar-refractivity contribution is 0.0692. The Labute approximate surface area is 157 Å². The molecule has 1 N–H and O–H groups in total. The van der Waals surface area contributed by atoms with E-state index in [2.05, 4.69) is 0 Å². The van der Waals surface area contributed by atoms with Crippen LogP contribution in [0.2, 0.25) is 5.02 Å². The summed E-state index contributed by atoms with van der Waals surface area (Å²) in [6.45, 7) is 6.24. The molecule has 26 heavy (non-hydrogen) atoms. The van der Waals surface area contributed by atoms with Gasteiger partial charge in [-0.05, 0) is 24.0 Å². The van der Waals surface area contributed by atoms with Crippen LogP contribution < -0.4 is 3.71 Å². The van der Waals surface area contributed by atoms with Crippen molar-refractivity contribution in [2.45, 2.75) is 27.7 Å². The first-order chi connectivity index (χ1) is 11.7. The predicted molar refractivity (Wildman–Crippen MR) is 98.1 cm³/mol. The SMILES string of the molecule is CC(C)CS(=O)(=O)N(c1ccc(Cl)c(C(=O)O)c1F)S(=O)(=O)CC(C)C. The lowest BCUT2D eigenvalue weighted by atomic mass is 10.2. The van der Waals surface area contributed by atoms with E-state index in [9.17, 15) is 26.0 Å². The van der Waals surface area contributed by atoms with E-state index in [1.54, 1.807) is 27.7 Å². The summed E-state index contributed by atoms with van der Waals surface area (Å²) in [5, 5.41) is 8.64. The molecule has 0 fully saturated rings.